The van der Waals surface area contributed by atoms with Gasteiger partial charge in [-0.2, -0.15) is 4.31 Å². The smallest absolute Gasteiger partial charge is 0.248 e. The average Bonchev–Trinajstić information content (AvgIpc) is 3.35. The molecule has 3 aromatic rings. The second-order valence-corrected chi connectivity index (χ2v) is 9.66. The maximum atomic E-state index is 13.1. The van der Waals surface area contributed by atoms with E-state index in [1.165, 1.54) is 4.31 Å². The highest BCUT2D eigenvalue weighted by molar-refractivity contribution is 7.89. The summed E-state index contributed by atoms with van der Waals surface area (Å²) in [6, 6.07) is 11.7. The second kappa shape index (κ2) is 8.32. The normalized spacial score (nSPS) is 17.1. The first-order valence-electron chi connectivity index (χ1n) is 10.1. The second-order valence-electron chi connectivity index (χ2n) is 7.78. The number of nitrogens with one attached hydrogen (secondary N) is 1. The molecule has 0 spiro atoms. The van der Waals surface area contributed by atoms with Crippen molar-refractivity contribution in [3.63, 3.8) is 0 Å². The molecule has 1 fully saturated rings. The van der Waals surface area contributed by atoms with Crippen molar-refractivity contribution >= 4 is 21.4 Å². The zero-order valence-electron chi connectivity index (χ0n) is 18.0. The molecule has 0 radical (unpaired) electrons. The number of sulfonamides is 1. The highest BCUT2D eigenvalue weighted by atomic mass is 32.2. The Labute approximate surface area is 182 Å². The van der Waals surface area contributed by atoms with Crippen LogP contribution in [0.15, 0.2) is 45.8 Å². The molecule has 164 valence electrons. The lowest BCUT2D eigenvalue weighted by atomic mass is 10.0. The number of aromatic nitrogens is 2. The first-order chi connectivity index (χ1) is 14.8. The minimum atomic E-state index is -3.65. The van der Waals surface area contributed by atoms with E-state index in [4.69, 9.17) is 9.26 Å². The van der Waals surface area contributed by atoms with Gasteiger partial charge in [0.1, 0.15) is 16.3 Å². The number of anilines is 2. The van der Waals surface area contributed by atoms with Gasteiger partial charge in [-0.15, -0.1) is 0 Å². The van der Waals surface area contributed by atoms with E-state index in [2.05, 4.69) is 15.5 Å². The molecule has 3 heterocycles. The van der Waals surface area contributed by atoms with Gasteiger partial charge in [-0.25, -0.2) is 8.42 Å². The summed E-state index contributed by atoms with van der Waals surface area (Å²) in [5.74, 6) is 1.10. The van der Waals surface area contributed by atoms with E-state index < -0.39 is 10.0 Å². The molecule has 0 unspecified atom stereocenters. The zero-order chi connectivity index (χ0) is 22.2. The Kier molecular flexibility index (Phi) is 5.72. The maximum absolute atomic E-state index is 13.1. The van der Waals surface area contributed by atoms with Crippen LogP contribution in [0.4, 0.5) is 11.4 Å². The molecule has 1 aliphatic rings. The predicted octanol–water partition coefficient (Wildman–Crippen LogP) is 3.93. The highest BCUT2D eigenvalue weighted by Crippen LogP contribution is 2.33. The molecular weight excluding hydrogens is 416 g/mol. The van der Waals surface area contributed by atoms with Crippen molar-refractivity contribution < 1.29 is 17.7 Å². The van der Waals surface area contributed by atoms with Crippen LogP contribution in [-0.4, -0.2) is 43.1 Å². The van der Waals surface area contributed by atoms with Crippen LogP contribution < -0.4 is 10.1 Å². The quantitative estimate of drug-likeness (QED) is 0.618. The average molecular weight is 443 g/mol. The number of nitrogens with zero attached hydrogens (tertiary/aromatic N) is 3. The molecule has 0 aliphatic carbocycles. The standard InChI is InChI=1S/C22H26N4O4S/c1-14-10-19(24-18-6-5-7-20(11-18)29-4)12-21(23-14)17-8-9-26(13-17)31(27,28)22-15(2)25-30-16(22)3/h5-7,10-12,17H,8-9,13H2,1-4H3,(H,23,24)/t17-/m1/s1. The summed E-state index contributed by atoms with van der Waals surface area (Å²) in [4.78, 5) is 4.86. The number of rotatable bonds is 6. The van der Waals surface area contributed by atoms with Gasteiger partial charge in [0.2, 0.25) is 10.0 Å². The largest absolute Gasteiger partial charge is 0.497 e. The van der Waals surface area contributed by atoms with Crippen LogP contribution >= 0.6 is 0 Å². The van der Waals surface area contributed by atoms with E-state index in [9.17, 15) is 8.42 Å². The molecule has 2 aromatic heterocycles. The van der Waals surface area contributed by atoms with Crippen LogP contribution in [0, 0.1) is 20.8 Å². The number of benzene rings is 1. The highest BCUT2D eigenvalue weighted by Gasteiger charge is 2.37. The van der Waals surface area contributed by atoms with Crippen LogP contribution in [0.5, 0.6) is 5.75 Å². The molecular formula is C22H26N4O4S. The van der Waals surface area contributed by atoms with Crippen molar-refractivity contribution in [3.8, 4) is 5.75 Å². The third kappa shape index (κ3) is 4.28. The van der Waals surface area contributed by atoms with Gasteiger partial charge in [0.05, 0.1) is 7.11 Å². The van der Waals surface area contributed by atoms with Crippen molar-refractivity contribution in [3.05, 3.63) is 59.2 Å². The summed E-state index contributed by atoms with van der Waals surface area (Å²) in [6.07, 6.45) is 0.706. The molecule has 1 atom stereocenters. The third-order valence-corrected chi connectivity index (χ3v) is 7.58. The Morgan fingerprint density at radius 3 is 2.68 bits per heavy atom. The van der Waals surface area contributed by atoms with Crippen LogP contribution in [0.25, 0.3) is 0 Å². The van der Waals surface area contributed by atoms with E-state index in [1.54, 1.807) is 21.0 Å². The molecule has 1 aromatic carbocycles. The van der Waals surface area contributed by atoms with Crippen molar-refractivity contribution in [1.29, 1.82) is 0 Å². The minimum Gasteiger partial charge on any atom is -0.497 e. The fraction of sp³-hybridized carbons (Fsp3) is 0.364. The fourth-order valence-electron chi connectivity index (χ4n) is 4.00. The SMILES string of the molecule is COc1cccc(Nc2cc(C)nc([C@@H]3CCN(S(=O)(=O)c4c(C)noc4C)C3)c2)c1. The number of methoxy groups -OCH3 is 1. The van der Waals surface area contributed by atoms with Gasteiger partial charge in [0.25, 0.3) is 0 Å². The van der Waals surface area contributed by atoms with Gasteiger partial charge >= 0.3 is 0 Å². The molecule has 1 saturated heterocycles. The molecule has 31 heavy (non-hydrogen) atoms. The monoisotopic (exact) mass is 442 g/mol. The van der Waals surface area contributed by atoms with Crippen molar-refractivity contribution in [2.75, 3.05) is 25.5 Å². The first kappa shape index (κ1) is 21.3. The summed E-state index contributed by atoms with van der Waals surface area (Å²) < 4.78 is 38.1. The van der Waals surface area contributed by atoms with Crippen LogP contribution in [0.3, 0.4) is 0 Å². The number of hydrogen-bond donors (Lipinski definition) is 1. The predicted molar refractivity (Wildman–Crippen MR) is 117 cm³/mol. The summed E-state index contributed by atoms with van der Waals surface area (Å²) >= 11 is 0. The van der Waals surface area contributed by atoms with Gasteiger partial charge in [0, 0.05) is 47.8 Å². The first-order valence-corrected chi connectivity index (χ1v) is 11.5. The maximum Gasteiger partial charge on any atom is 0.248 e. The van der Waals surface area contributed by atoms with Gasteiger partial charge < -0.3 is 14.6 Å². The Balaban J connectivity index is 1.55. The number of pyridine rings is 1. The Hall–Kier alpha value is -2.91. The lowest BCUT2D eigenvalue weighted by molar-refractivity contribution is 0.389. The van der Waals surface area contributed by atoms with Crippen LogP contribution in [0.2, 0.25) is 0 Å². The van der Waals surface area contributed by atoms with E-state index >= 15 is 0 Å². The molecule has 1 N–H and O–H groups in total. The van der Waals surface area contributed by atoms with Crippen molar-refractivity contribution in [2.45, 2.75) is 38.0 Å². The lowest BCUT2D eigenvalue weighted by Gasteiger charge is -2.17. The molecule has 4 rings (SSSR count). The Morgan fingerprint density at radius 2 is 1.97 bits per heavy atom. The lowest BCUT2D eigenvalue weighted by Crippen LogP contribution is -2.29. The van der Waals surface area contributed by atoms with Crippen molar-refractivity contribution in [2.24, 2.45) is 0 Å². The van der Waals surface area contributed by atoms with Crippen molar-refractivity contribution in [1.82, 2.24) is 14.4 Å². The Morgan fingerprint density at radius 1 is 1.16 bits per heavy atom. The van der Waals surface area contributed by atoms with E-state index in [-0.39, 0.29) is 10.8 Å². The van der Waals surface area contributed by atoms with E-state index in [0.29, 0.717) is 31.0 Å². The van der Waals surface area contributed by atoms with Gasteiger partial charge in [-0.05, 0) is 51.5 Å². The molecule has 1 aliphatic heterocycles. The number of ether oxygens (including phenoxy) is 1. The summed E-state index contributed by atoms with van der Waals surface area (Å²) in [6.45, 7) is 6.02. The molecule has 0 saturated carbocycles. The van der Waals surface area contributed by atoms with Crippen LogP contribution in [0.1, 0.15) is 35.2 Å². The van der Waals surface area contributed by atoms with Crippen LogP contribution in [-0.2, 0) is 10.0 Å². The molecule has 0 bridgehead atoms. The van der Waals surface area contributed by atoms with E-state index in [1.807, 2.05) is 43.3 Å². The Bertz CT molecular complexity index is 1190. The third-order valence-electron chi connectivity index (χ3n) is 5.47. The molecule has 8 nitrogen and oxygen atoms in total. The summed E-state index contributed by atoms with van der Waals surface area (Å²) in [7, 11) is -2.02. The zero-order valence-corrected chi connectivity index (χ0v) is 18.9. The van der Waals surface area contributed by atoms with Gasteiger partial charge in [0.15, 0.2) is 5.76 Å². The minimum absolute atomic E-state index is 0.0148. The topological polar surface area (TPSA) is 97.6 Å². The summed E-state index contributed by atoms with van der Waals surface area (Å²) in [5.41, 5.74) is 3.95. The van der Waals surface area contributed by atoms with E-state index in [0.717, 1.165) is 28.5 Å². The molecule has 9 heteroatoms. The molecule has 0 amide bonds. The fourth-order valence-corrected chi connectivity index (χ4v) is 5.79. The number of aryl methyl sites for hydroxylation is 3. The summed E-state index contributed by atoms with van der Waals surface area (Å²) in [5, 5.41) is 7.19. The number of hydrogen-bond acceptors (Lipinski definition) is 7. The van der Waals surface area contributed by atoms with Gasteiger partial charge in [-0.3, -0.25) is 4.98 Å². The van der Waals surface area contributed by atoms with Gasteiger partial charge in [-0.1, -0.05) is 11.2 Å².